The van der Waals surface area contributed by atoms with Crippen molar-refractivity contribution in [3.05, 3.63) is 24.1 Å². The summed E-state index contributed by atoms with van der Waals surface area (Å²) in [5.74, 6) is -0.186. The molecule has 7 nitrogen and oxygen atoms in total. The van der Waals surface area contributed by atoms with Gasteiger partial charge in [0.2, 0.25) is 5.91 Å². The van der Waals surface area contributed by atoms with E-state index in [4.69, 9.17) is 9.15 Å². The van der Waals surface area contributed by atoms with Gasteiger partial charge in [-0.05, 0) is 26.2 Å². The minimum Gasteiger partial charge on any atom is -0.463 e. The van der Waals surface area contributed by atoms with Crippen molar-refractivity contribution in [1.82, 2.24) is 14.8 Å². The SMILES string of the molecule is COCCCN1C(=O)c2cc3occc3n2CC1(C)C(=O)NC1CCCCCCC1. The molecule has 2 aromatic rings. The normalized spacial score (nSPS) is 23.3. The van der Waals surface area contributed by atoms with E-state index >= 15 is 0 Å². The lowest BCUT2D eigenvalue weighted by molar-refractivity contribution is -0.133. The van der Waals surface area contributed by atoms with Crippen LogP contribution in [0.1, 0.15) is 68.8 Å². The molecule has 1 fully saturated rings. The first kappa shape index (κ1) is 21.0. The molecular weight excluding hydrogens is 382 g/mol. The summed E-state index contributed by atoms with van der Waals surface area (Å²) in [4.78, 5) is 28.8. The van der Waals surface area contributed by atoms with Crippen molar-refractivity contribution in [2.45, 2.75) is 76.4 Å². The predicted octanol–water partition coefficient (Wildman–Crippen LogP) is 3.71. The molecule has 30 heavy (non-hydrogen) atoms. The van der Waals surface area contributed by atoms with E-state index < -0.39 is 5.54 Å². The number of methoxy groups -OCH3 is 1. The van der Waals surface area contributed by atoms with E-state index in [1.165, 1.54) is 19.3 Å². The van der Waals surface area contributed by atoms with Crippen LogP contribution in [0.4, 0.5) is 0 Å². The summed E-state index contributed by atoms with van der Waals surface area (Å²) < 4.78 is 12.6. The van der Waals surface area contributed by atoms with Crippen LogP contribution in [0.15, 0.2) is 22.8 Å². The van der Waals surface area contributed by atoms with Crippen LogP contribution in [0.2, 0.25) is 0 Å². The molecule has 2 amide bonds. The zero-order chi connectivity index (χ0) is 21.1. The van der Waals surface area contributed by atoms with E-state index in [2.05, 4.69) is 5.32 Å². The highest BCUT2D eigenvalue weighted by Crippen LogP contribution is 2.33. The standard InChI is InChI=1S/C23H33N3O4/c1-23(22(28)24-17-9-6-4-3-5-7-10-17)16-25-18-11-14-30-20(18)15-19(25)21(27)26(23)12-8-13-29-2/h11,14-15,17H,3-10,12-13,16H2,1-2H3,(H,24,28). The van der Waals surface area contributed by atoms with E-state index in [9.17, 15) is 9.59 Å². The van der Waals surface area contributed by atoms with Gasteiger partial charge >= 0.3 is 0 Å². The smallest absolute Gasteiger partial charge is 0.271 e. The molecule has 0 radical (unpaired) electrons. The van der Waals surface area contributed by atoms with E-state index in [0.29, 0.717) is 37.4 Å². The molecule has 7 heteroatoms. The van der Waals surface area contributed by atoms with Gasteiger partial charge < -0.3 is 23.9 Å². The maximum absolute atomic E-state index is 13.6. The molecule has 1 aliphatic carbocycles. The summed E-state index contributed by atoms with van der Waals surface area (Å²) >= 11 is 0. The first-order valence-corrected chi connectivity index (χ1v) is 11.2. The lowest BCUT2D eigenvalue weighted by Crippen LogP contribution is -2.65. The van der Waals surface area contributed by atoms with E-state index in [1.54, 1.807) is 24.3 Å². The van der Waals surface area contributed by atoms with Gasteiger partial charge in [-0.3, -0.25) is 9.59 Å². The topological polar surface area (TPSA) is 76.7 Å². The molecule has 0 bridgehead atoms. The Morgan fingerprint density at radius 2 is 2.00 bits per heavy atom. The molecule has 3 heterocycles. The molecule has 2 aromatic heterocycles. The molecule has 164 valence electrons. The highest BCUT2D eigenvalue weighted by atomic mass is 16.5. The third-order valence-corrected chi connectivity index (χ3v) is 6.71. The second-order valence-corrected chi connectivity index (χ2v) is 8.88. The fourth-order valence-electron chi connectivity index (χ4n) is 4.93. The lowest BCUT2D eigenvalue weighted by Gasteiger charge is -2.44. The van der Waals surface area contributed by atoms with E-state index in [-0.39, 0.29) is 17.9 Å². The zero-order valence-electron chi connectivity index (χ0n) is 18.1. The van der Waals surface area contributed by atoms with Crippen LogP contribution in [0, 0.1) is 0 Å². The van der Waals surface area contributed by atoms with Gasteiger partial charge in [-0.15, -0.1) is 0 Å². The maximum atomic E-state index is 13.6. The summed E-state index contributed by atoms with van der Waals surface area (Å²) in [6.45, 7) is 3.34. The number of hydrogen-bond acceptors (Lipinski definition) is 4. The Balaban J connectivity index is 1.61. The van der Waals surface area contributed by atoms with Crippen molar-refractivity contribution in [3.63, 3.8) is 0 Å². The number of nitrogens with zero attached hydrogens (tertiary/aromatic N) is 2. The van der Waals surface area contributed by atoms with Crippen LogP contribution in [0.25, 0.3) is 11.1 Å². The molecule has 1 unspecified atom stereocenters. The average molecular weight is 416 g/mol. The Labute approximate surface area is 177 Å². The van der Waals surface area contributed by atoms with E-state index in [0.717, 1.165) is 31.2 Å². The van der Waals surface area contributed by atoms with Crippen LogP contribution in [-0.4, -0.2) is 53.1 Å². The molecule has 2 aliphatic rings. The number of ether oxygens (including phenoxy) is 1. The van der Waals surface area contributed by atoms with E-state index in [1.807, 2.05) is 17.6 Å². The van der Waals surface area contributed by atoms with Gasteiger partial charge in [-0.2, -0.15) is 0 Å². The van der Waals surface area contributed by atoms with Crippen molar-refractivity contribution >= 4 is 22.9 Å². The number of aromatic nitrogens is 1. The number of amides is 2. The fourth-order valence-corrected chi connectivity index (χ4v) is 4.93. The molecule has 0 aromatic carbocycles. The van der Waals surface area contributed by atoms with Gasteiger partial charge in [0.1, 0.15) is 11.2 Å². The number of hydrogen-bond donors (Lipinski definition) is 1. The van der Waals surface area contributed by atoms with Gasteiger partial charge in [0.15, 0.2) is 5.58 Å². The number of rotatable bonds is 6. The molecular formula is C23H33N3O4. The quantitative estimate of drug-likeness (QED) is 0.730. The third-order valence-electron chi connectivity index (χ3n) is 6.71. The Morgan fingerprint density at radius 1 is 1.27 bits per heavy atom. The number of nitrogens with one attached hydrogen (secondary N) is 1. The number of furan rings is 1. The molecule has 1 N–H and O–H groups in total. The Bertz CT molecular complexity index is 894. The van der Waals surface area contributed by atoms with Crippen molar-refractivity contribution in [3.8, 4) is 0 Å². The van der Waals surface area contributed by atoms with Crippen molar-refractivity contribution in [2.24, 2.45) is 0 Å². The van der Waals surface area contributed by atoms with Crippen LogP contribution in [-0.2, 0) is 16.1 Å². The third kappa shape index (κ3) is 3.87. The molecule has 1 aliphatic heterocycles. The van der Waals surface area contributed by atoms with Gasteiger partial charge in [0, 0.05) is 38.4 Å². The molecule has 4 rings (SSSR count). The highest BCUT2D eigenvalue weighted by Gasteiger charge is 2.48. The number of carbonyl (C=O) groups is 2. The minimum absolute atomic E-state index is 0.0603. The van der Waals surface area contributed by atoms with Gasteiger partial charge in [0.25, 0.3) is 5.91 Å². The average Bonchev–Trinajstić information content (AvgIpc) is 3.29. The summed E-state index contributed by atoms with van der Waals surface area (Å²) in [5, 5.41) is 3.30. The Morgan fingerprint density at radius 3 is 2.73 bits per heavy atom. The fraction of sp³-hybridized carbons (Fsp3) is 0.652. The molecule has 0 spiro atoms. The zero-order valence-corrected chi connectivity index (χ0v) is 18.1. The van der Waals surface area contributed by atoms with Crippen LogP contribution in [0.5, 0.6) is 0 Å². The minimum atomic E-state index is -0.955. The monoisotopic (exact) mass is 415 g/mol. The van der Waals surface area contributed by atoms with Gasteiger partial charge in [0.05, 0.1) is 18.3 Å². The number of fused-ring (bicyclic) bond motifs is 3. The van der Waals surface area contributed by atoms with Crippen molar-refractivity contribution in [1.29, 1.82) is 0 Å². The molecule has 1 atom stereocenters. The summed E-state index contributed by atoms with van der Waals surface area (Å²) in [6, 6.07) is 3.83. The van der Waals surface area contributed by atoms with Crippen LogP contribution >= 0.6 is 0 Å². The first-order chi connectivity index (χ1) is 14.5. The lowest BCUT2D eigenvalue weighted by atomic mass is 9.92. The van der Waals surface area contributed by atoms with Crippen molar-refractivity contribution < 1.29 is 18.7 Å². The van der Waals surface area contributed by atoms with Crippen LogP contribution in [0.3, 0.4) is 0 Å². The van der Waals surface area contributed by atoms with Crippen molar-refractivity contribution in [2.75, 3.05) is 20.3 Å². The molecule has 0 saturated heterocycles. The summed E-state index contributed by atoms with van der Waals surface area (Å²) in [5.41, 5.74) is 1.17. The maximum Gasteiger partial charge on any atom is 0.271 e. The highest BCUT2D eigenvalue weighted by molar-refractivity contribution is 6.02. The predicted molar refractivity (Wildman–Crippen MR) is 114 cm³/mol. The first-order valence-electron chi connectivity index (χ1n) is 11.2. The van der Waals surface area contributed by atoms with Gasteiger partial charge in [-0.25, -0.2) is 0 Å². The molecule has 1 saturated carbocycles. The number of carbonyl (C=O) groups excluding carboxylic acids is 2. The largest absolute Gasteiger partial charge is 0.463 e. The van der Waals surface area contributed by atoms with Crippen LogP contribution < -0.4 is 5.32 Å². The Kier molecular flexibility index (Phi) is 6.18. The second-order valence-electron chi connectivity index (χ2n) is 8.88. The van der Waals surface area contributed by atoms with Gasteiger partial charge in [-0.1, -0.05) is 32.1 Å². The Hall–Kier alpha value is -2.28. The second kappa shape index (κ2) is 8.84. The summed E-state index contributed by atoms with van der Waals surface area (Å²) in [6.07, 6.45) is 10.4. The summed E-state index contributed by atoms with van der Waals surface area (Å²) in [7, 11) is 1.65.